The first-order chi connectivity index (χ1) is 11.4. The number of carbonyl (C=O) groups excluding carboxylic acids is 1. The number of para-hydroxylation sites is 1. The standard InChI is InChI=1S/C16H21F3N2O3.ClH/c17-16(18,19)10-24-13-4-2-1-3-12(13)9-21-15(22)14(20)11-5-7-23-8-6-11;/h1-4,11,14H,5-10,20H2,(H,21,22);1H. The monoisotopic (exact) mass is 382 g/mol. The lowest BCUT2D eigenvalue weighted by Crippen LogP contribution is -2.46. The van der Waals surface area contributed by atoms with E-state index in [1.165, 1.54) is 6.07 Å². The summed E-state index contributed by atoms with van der Waals surface area (Å²) in [4.78, 5) is 12.1. The molecule has 9 heteroatoms. The van der Waals surface area contributed by atoms with Gasteiger partial charge in [-0.2, -0.15) is 13.2 Å². The predicted molar refractivity (Wildman–Crippen MR) is 88.6 cm³/mol. The summed E-state index contributed by atoms with van der Waals surface area (Å²) in [5, 5.41) is 2.67. The first-order valence-corrected chi connectivity index (χ1v) is 7.75. The highest BCUT2D eigenvalue weighted by atomic mass is 35.5. The van der Waals surface area contributed by atoms with E-state index in [0.29, 0.717) is 18.8 Å². The van der Waals surface area contributed by atoms with E-state index in [2.05, 4.69) is 5.32 Å². The first-order valence-electron chi connectivity index (χ1n) is 7.75. The number of hydrogen-bond donors (Lipinski definition) is 2. The number of alkyl halides is 3. The Morgan fingerprint density at radius 3 is 2.60 bits per heavy atom. The van der Waals surface area contributed by atoms with Crippen molar-refractivity contribution in [3.8, 4) is 5.75 Å². The van der Waals surface area contributed by atoms with E-state index < -0.39 is 18.8 Å². The summed E-state index contributed by atoms with van der Waals surface area (Å²) < 4.78 is 46.9. The van der Waals surface area contributed by atoms with Crippen molar-refractivity contribution < 1.29 is 27.4 Å². The number of hydrogen-bond acceptors (Lipinski definition) is 4. The quantitative estimate of drug-likeness (QED) is 0.792. The van der Waals surface area contributed by atoms with Gasteiger partial charge in [0.05, 0.1) is 6.04 Å². The van der Waals surface area contributed by atoms with Gasteiger partial charge < -0.3 is 20.5 Å². The largest absolute Gasteiger partial charge is 0.484 e. The molecule has 142 valence electrons. The maximum Gasteiger partial charge on any atom is 0.422 e. The third-order valence-corrected chi connectivity index (χ3v) is 3.89. The van der Waals surface area contributed by atoms with Crippen molar-refractivity contribution in [3.05, 3.63) is 29.8 Å². The van der Waals surface area contributed by atoms with Crippen LogP contribution in [-0.4, -0.2) is 37.9 Å². The Bertz CT molecular complexity index is 552. The summed E-state index contributed by atoms with van der Waals surface area (Å²) in [6.07, 6.45) is -2.97. The minimum absolute atomic E-state index is 0. The van der Waals surface area contributed by atoms with Crippen LogP contribution in [0.4, 0.5) is 13.2 Å². The third-order valence-electron chi connectivity index (χ3n) is 3.89. The number of halogens is 4. The fourth-order valence-corrected chi connectivity index (χ4v) is 2.54. The van der Waals surface area contributed by atoms with Gasteiger partial charge >= 0.3 is 6.18 Å². The smallest absolute Gasteiger partial charge is 0.422 e. The van der Waals surface area contributed by atoms with Crippen LogP contribution in [0.15, 0.2) is 24.3 Å². The molecule has 0 spiro atoms. The maximum atomic E-state index is 12.3. The topological polar surface area (TPSA) is 73.6 Å². The van der Waals surface area contributed by atoms with Gasteiger partial charge in [-0.3, -0.25) is 4.79 Å². The van der Waals surface area contributed by atoms with Crippen molar-refractivity contribution in [3.63, 3.8) is 0 Å². The molecule has 2 rings (SSSR count). The zero-order chi connectivity index (χ0) is 17.6. The minimum atomic E-state index is -4.41. The van der Waals surface area contributed by atoms with Crippen LogP contribution in [0.2, 0.25) is 0 Å². The van der Waals surface area contributed by atoms with Crippen molar-refractivity contribution in [2.75, 3.05) is 19.8 Å². The van der Waals surface area contributed by atoms with Gasteiger partial charge in [-0.1, -0.05) is 18.2 Å². The summed E-state index contributed by atoms with van der Waals surface area (Å²) in [7, 11) is 0. The van der Waals surface area contributed by atoms with Crippen LogP contribution in [-0.2, 0) is 16.1 Å². The molecule has 0 aliphatic carbocycles. The normalized spacial score (nSPS) is 16.6. The van der Waals surface area contributed by atoms with E-state index in [4.69, 9.17) is 15.2 Å². The second-order valence-corrected chi connectivity index (χ2v) is 5.70. The molecule has 5 nitrogen and oxygen atoms in total. The molecular weight excluding hydrogens is 361 g/mol. The highest BCUT2D eigenvalue weighted by Gasteiger charge is 2.29. The first kappa shape index (κ1) is 21.5. The van der Waals surface area contributed by atoms with Crippen LogP contribution in [0.1, 0.15) is 18.4 Å². The second-order valence-electron chi connectivity index (χ2n) is 5.70. The highest BCUT2D eigenvalue weighted by Crippen LogP contribution is 2.22. The maximum absolute atomic E-state index is 12.3. The van der Waals surface area contributed by atoms with Gasteiger partial charge in [0.15, 0.2) is 6.61 Å². The number of nitrogens with two attached hydrogens (primary N) is 1. The summed E-state index contributed by atoms with van der Waals surface area (Å²) in [5.74, 6) is -0.183. The molecule has 1 aliphatic heterocycles. The SMILES string of the molecule is Cl.NC(C(=O)NCc1ccccc1OCC(F)(F)F)C1CCOCC1. The fourth-order valence-electron chi connectivity index (χ4n) is 2.54. The van der Waals surface area contributed by atoms with Gasteiger partial charge in [-0.05, 0) is 24.8 Å². The average molecular weight is 383 g/mol. The van der Waals surface area contributed by atoms with Crippen molar-refractivity contribution in [1.82, 2.24) is 5.32 Å². The Labute approximate surface area is 150 Å². The molecule has 1 aromatic carbocycles. The van der Waals surface area contributed by atoms with Crippen molar-refractivity contribution in [2.45, 2.75) is 31.6 Å². The Morgan fingerprint density at radius 1 is 1.32 bits per heavy atom. The Hall–Kier alpha value is -1.51. The van der Waals surface area contributed by atoms with Crippen LogP contribution in [0.5, 0.6) is 5.75 Å². The fraction of sp³-hybridized carbons (Fsp3) is 0.562. The van der Waals surface area contributed by atoms with Crippen molar-refractivity contribution >= 4 is 18.3 Å². The van der Waals surface area contributed by atoms with Crippen molar-refractivity contribution in [2.24, 2.45) is 11.7 Å². The summed E-state index contributed by atoms with van der Waals surface area (Å²) in [6.45, 7) is -0.150. The van der Waals surface area contributed by atoms with E-state index >= 15 is 0 Å². The van der Waals surface area contributed by atoms with Gasteiger partial charge in [0.2, 0.25) is 5.91 Å². The lowest BCUT2D eigenvalue weighted by molar-refractivity contribution is -0.153. The second kappa shape index (κ2) is 9.84. The number of nitrogens with one attached hydrogen (secondary N) is 1. The zero-order valence-electron chi connectivity index (χ0n) is 13.6. The van der Waals surface area contributed by atoms with Crippen LogP contribution in [0.3, 0.4) is 0 Å². The highest BCUT2D eigenvalue weighted by molar-refractivity contribution is 5.85. The van der Waals surface area contributed by atoms with Crippen LogP contribution < -0.4 is 15.8 Å². The van der Waals surface area contributed by atoms with Gasteiger partial charge in [0.25, 0.3) is 0 Å². The molecule has 1 fully saturated rings. The molecule has 1 aromatic rings. The predicted octanol–water partition coefficient (Wildman–Crippen LogP) is 2.42. The lowest BCUT2D eigenvalue weighted by atomic mass is 9.92. The molecule has 1 atom stereocenters. The minimum Gasteiger partial charge on any atom is -0.484 e. The van der Waals surface area contributed by atoms with E-state index in [0.717, 1.165) is 12.8 Å². The summed E-state index contributed by atoms with van der Waals surface area (Å²) in [6, 6.07) is 5.63. The lowest BCUT2D eigenvalue weighted by Gasteiger charge is -2.26. The molecule has 1 aliphatic rings. The molecular formula is C16H22ClF3N2O3. The Kier molecular flexibility index (Phi) is 8.47. The molecule has 0 saturated carbocycles. The third kappa shape index (κ3) is 7.09. The molecule has 1 saturated heterocycles. The Balaban J connectivity index is 0.00000312. The number of rotatable bonds is 6. The average Bonchev–Trinajstić information content (AvgIpc) is 2.58. The van der Waals surface area contributed by atoms with Crippen LogP contribution >= 0.6 is 12.4 Å². The molecule has 1 amide bonds. The number of amides is 1. The van der Waals surface area contributed by atoms with Crippen molar-refractivity contribution in [1.29, 1.82) is 0 Å². The van der Waals surface area contributed by atoms with Gasteiger partial charge in [0.1, 0.15) is 5.75 Å². The number of carbonyl (C=O) groups is 1. The molecule has 3 N–H and O–H groups in total. The van der Waals surface area contributed by atoms with Gasteiger partial charge in [-0.25, -0.2) is 0 Å². The van der Waals surface area contributed by atoms with Gasteiger partial charge in [-0.15, -0.1) is 12.4 Å². The molecule has 0 radical (unpaired) electrons. The number of ether oxygens (including phenoxy) is 2. The van der Waals surface area contributed by atoms with E-state index in [1.807, 2.05) is 0 Å². The molecule has 0 aromatic heterocycles. The van der Waals surface area contributed by atoms with Crippen LogP contribution in [0, 0.1) is 5.92 Å². The summed E-state index contributed by atoms with van der Waals surface area (Å²) in [5.41, 5.74) is 6.43. The Morgan fingerprint density at radius 2 is 1.96 bits per heavy atom. The van der Waals surface area contributed by atoms with E-state index in [9.17, 15) is 18.0 Å². The molecule has 25 heavy (non-hydrogen) atoms. The van der Waals surface area contributed by atoms with Gasteiger partial charge in [0, 0.05) is 25.3 Å². The number of benzene rings is 1. The van der Waals surface area contributed by atoms with E-state index in [-0.39, 0.29) is 36.5 Å². The molecule has 0 bridgehead atoms. The van der Waals surface area contributed by atoms with Crippen LogP contribution in [0.25, 0.3) is 0 Å². The molecule has 1 unspecified atom stereocenters. The molecule has 1 heterocycles. The summed E-state index contributed by atoms with van der Waals surface area (Å²) >= 11 is 0. The zero-order valence-corrected chi connectivity index (χ0v) is 14.4. The van der Waals surface area contributed by atoms with E-state index in [1.54, 1.807) is 18.2 Å².